The van der Waals surface area contributed by atoms with Crippen molar-refractivity contribution in [3.63, 3.8) is 0 Å². The normalized spacial score (nSPS) is 13.5. The molecule has 0 saturated carbocycles. The summed E-state index contributed by atoms with van der Waals surface area (Å²) >= 11 is 0. The number of allylic oxidation sites excluding steroid dienone is 1. The van der Waals surface area contributed by atoms with Crippen LogP contribution in [0.4, 0.5) is 0 Å². The smallest absolute Gasteiger partial charge is 0.336 e. The van der Waals surface area contributed by atoms with Crippen LogP contribution >= 0.6 is 0 Å². The average molecular weight is 416 g/mol. The van der Waals surface area contributed by atoms with E-state index in [1.54, 1.807) is 32.1 Å². The molecule has 0 aliphatic carbocycles. The lowest BCUT2D eigenvalue weighted by Gasteiger charge is -2.29. The van der Waals surface area contributed by atoms with Crippen LogP contribution in [-0.2, 0) is 9.53 Å². The number of furan rings is 1. The molecule has 1 atom stereocenters. The Morgan fingerprint density at radius 1 is 1.20 bits per heavy atom. The van der Waals surface area contributed by atoms with Crippen LogP contribution in [0.1, 0.15) is 27.7 Å². The van der Waals surface area contributed by atoms with Crippen LogP contribution in [0, 0.1) is 0 Å². The maximum atomic E-state index is 12.2. The summed E-state index contributed by atoms with van der Waals surface area (Å²) in [6, 6.07) is 4.55. The van der Waals surface area contributed by atoms with Gasteiger partial charge in [0.25, 0.3) is 0 Å². The van der Waals surface area contributed by atoms with E-state index < -0.39 is 23.3 Å². The molecule has 0 spiro atoms. The number of hydrogen-bond donors (Lipinski definition) is 1. The van der Waals surface area contributed by atoms with E-state index in [0.29, 0.717) is 27.7 Å². The van der Waals surface area contributed by atoms with Crippen molar-refractivity contribution in [3.05, 3.63) is 46.5 Å². The molecule has 2 aromatic heterocycles. The minimum absolute atomic E-state index is 0.132. The largest absolute Gasteiger partial charge is 0.495 e. The molecule has 0 fully saturated rings. The molecule has 1 aromatic carbocycles. The number of ether oxygens (including phenoxy) is 3. The lowest BCUT2D eigenvalue weighted by atomic mass is 10.0. The van der Waals surface area contributed by atoms with Gasteiger partial charge in [0.2, 0.25) is 5.75 Å². The molecule has 8 heteroatoms. The lowest BCUT2D eigenvalue weighted by Crippen LogP contribution is -2.44. The Kier molecular flexibility index (Phi) is 5.89. The Labute approximate surface area is 172 Å². The van der Waals surface area contributed by atoms with Crippen molar-refractivity contribution in [1.82, 2.24) is 0 Å². The van der Waals surface area contributed by atoms with Gasteiger partial charge in [0, 0.05) is 11.6 Å². The molecule has 1 N–H and O–H groups in total. The third-order valence-corrected chi connectivity index (χ3v) is 4.78. The number of hydrogen-bond acceptors (Lipinski definition) is 8. The molecule has 0 aliphatic heterocycles. The van der Waals surface area contributed by atoms with Gasteiger partial charge >= 0.3 is 11.6 Å². The van der Waals surface area contributed by atoms with Gasteiger partial charge in [-0.3, -0.25) is 0 Å². The van der Waals surface area contributed by atoms with E-state index in [4.69, 9.17) is 23.0 Å². The predicted molar refractivity (Wildman–Crippen MR) is 110 cm³/mol. The standard InChI is InChI=1S/C22H24O8/c1-6-12(2)21(24)29-15(22(3,4)25)11-28-20-18-14(9-10-27-18)17(26-5)13-7-8-16(23)30-19(13)20/h6-10,15,25H,11H2,1-5H3/b12-6-. The minimum Gasteiger partial charge on any atom is -0.495 e. The van der Waals surface area contributed by atoms with E-state index >= 15 is 0 Å². The van der Waals surface area contributed by atoms with Gasteiger partial charge in [-0.05, 0) is 39.8 Å². The number of benzene rings is 1. The second-order valence-corrected chi connectivity index (χ2v) is 7.35. The van der Waals surface area contributed by atoms with Gasteiger partial charge in [0.05, 0.1) is 29.7 Å². The Morgan fingerprint density at radius 3 is 2.53 bits per heavy atom. The van der Waals surface area contributed by atoms with Crippen molar-refractivity contribution in [2.45, 2.75) is 39.4 Å². The zero-order valence-electron chi connectivity index (χ0n) is 17.5. The monoisotopic (exact) mass is 416 g/mol. The summed E-state index contributed by atoms with van der Waals surface area (Å²) in [5.41, 5.74) is -1.13. The molecular weight excluding hydrogens is 392 g/mol. The Bertz CT molecular complexity index is 1160. The summed E-state index contributed by atoms with van der Waals surface area (Å²) in [4.78, 5) is 24.1. The molecule has 0 radical (unpaired) electrons. The molecule has 0 saturated heterocycles. The third kappa shape index (κ3) is 4.04. The van der Waals surface area contributed by atoms with E-state index in [-0.39, 0.29) is 17.9 Å². The number of carbonyl (C=O) groups excluding carboxylic acids is 1. The lowest BCUT2D eigenvalue weighted by molar-refractivity contribution is -0.160. The Balaban J connectivity index is 2.05. The molecular formula is C22H24O8. The first-order valence-electron chi connectivity index (χ1n) is 9.37. The molecule has 2 heterocycles. The highest BCUT2D eigenvalue weighted by atomic mass is 16.6. The fourth-order valence-electron chi connectivity index (χ4n) is 2.91. The molecule has 1 unspecified atom stereocenters. The Hall–Kier alpha value is -3.26. The van der Waals surface area contributed by atoms with Crippen LogP contribution in [0.2, 0.25) is 0 Å². The van der Waals surface area contributed by atoms with Gasteiger partial charge < -0.3 is 28.2 Å². The van der Waals surface area contributed by atoms with Gasteiger partial charge in [-0.25, -0.2) is 9.59 Å². The first kappa shape index (κ1) is 21.4. The van der Waals surface area contributed by atoms with Gasteiger partial charge in [0.15, 0.2) is 17.3 Å². The van der Waals surface area contributed by atoms with Gasteiger partial charge in [0.1, 0.15) is 12.4 Å². The third-order valence-electron chi connectivity index (χ3n) is 4.78. The van der Waals surface area contributed by atoms with Crippen molar-refractivity contribution in [2.24, 2.45) is 0 Å². The van der Waals surface area contributed by atoms with Crippen LogP contribution in [0.25, 0.3) is 21.9 Å². The van der Waals surface area contributed by atoms with Crippen molar-refractivity contribution >= 4 is 27.9 Å². The highest BCUT2D eigenvalue weighted by Crippen LogP contribution is 2.42. The SMILES string of the molecule is C/C=C(/C)C(=O)OC(COc1c2occc2c(OC)c2ccc(=O)oc12)C(C)(C)O. The van der Waals surface area contributed by atoms with E-state index in [1.807, 2.05) is 0 Å². The van der Waals surface area contributed by atoms with Gasteiger partial charge in [-0.2, -0.15) is 0 Å². The summed E-state index contributed by atoms with van der Waals surface area (Å²) in [7, 11) is 1.50. The average Bonchev–Trinajstić information content (AvgIpc) is 3.17. The highest BCUT2D eigenvalue weighted by molar-refractivity contribution is 6.06. The molecule has 0 bridgehead atoms. The predicted octanol–water partition coefficient (Wildman–Crippen LogP) is 3.58. The fraction of sp³-hybridized carbons (Fsp3) is 0.364. The number of fused-ring (bicyclic) bond motifs is 2. The van der Waals surface area contributed by atoms with Crippen molar-refractivity contribution in [2.75, 3.05) is 13.7 Å². The number of aliphatic hydroxyl groups is 1. The summed E-state index contributed by atoms with van der Waals surface area (Å²) in [5.74, 6) is 0.0538. The topological polar surface area (TPSA) is 108 Å². The first-order valence-corrected chi connectivity index (χ1v) is 9.37. The van der Waals surface area contributed by atoms with Crippen molar-refractivity contribution < 1.29 is 32.9 Å². The van der Waals surface area contributed by atoms with Crippen molar-refractivity contribution in [1.29, 1.82) is 0 Å². The maximum Gasteiger partial charge on any atom is 0.336 e. The highest BCUT2D eigenvalue weighted by Gasteiger charge is 2.33. The summed E-state index contributed by atoms with van der Waals surface area (Å²) in [5, 5.41) is 11.6. The Morgan fingerprint density at radius 2 is 1.90 bits per heavy atom. The summed E-state index contributed by atoms with van der Waals surface area (Å²) < 4.78 is 27.7. The van der Waals surface area contributed by atoms with Crippen LogP contribution in [0.15, 0.2) is 49.7 Å². The van der Waals surface area contributed by atoms with E-state index in [1.165, 1.54) is 33.3 Å². The molecule has 0 amide bonds. The van der Waals surface area contributed by atoms with Gasteiger partial charge in [-0.15, -0.1) is 0 Å². The summed E-state index contributed by atoms with van der Waals surface area (Å²) in [6.07, 6.45) is 2.07. The van der Waals surface area contributed by atoms with Crippen molar-refractivity contribution in [3.8, 4) is 11.5 Å². The summed E-state index contributed by atoms with van der Waals surface area (Å²) in [6.45, 7) is 6.14. The van der Waals surface area contributed by atoms with E-state index in [2.05, 4.69) is 0 Å². The van der Waals surface area contributed by atoms with Crippen LogP contribution in [0.3, 0.4) is 0 Å². The maximum absolute atomic E-state index is 12.2. The fourth-order valence-corrected chi connectivity index (χ4v) is 2.91. The number of methoxy groups -OCH3 is 1. The molecule has 30 heavy (non-hydrogen) atoms. The van der Waals surface area contributed by atoms with E-state index in [0.717, 1.165) is 0 Å². The second-order valence-electron chi connectivity index (χ2n) is 7.35. The first-order chi connectivity index (χ1) is 14.2. The molecule has 8 nitrogen and oxygen atoms in total. The zero-order valence-corrected chi connectivity index (χ0v) is 17.5. The second kappa shape index (κ2) is 8.23. The number of carbonyl (C=O) groups is 1. The van der Waals surface area contributed by atoms with Crippen LogP contribution in [-0.4, -0.2) is 36.5 Å². The van der Waals surface area contributed by atoms with Gasteiger partial charge in [-0.1, -0.05) is 6.08 Å². The minimum atomic E-state index is -1.39. The van der Waals surface area contributed by atoms with Crippen LogP contribution in [0.5, 0.6) is 11.5 Å². The zero-order chi connectivity index (χ0) is 22.1. The molecule has 3 rings (SSSR count). The number of esters is 1. The van der Waals surface area contributed by atoms with E-state index in [9.17, 15) is 14.7 Å². The molecule has 0 aliphatic rings. The number of rotatable bonds is 7. The quantitative estimate of drug-likeness (QED) is 0.354. The van der Waals surface area contributed by atoms with Crippen LogP contribution < -0.4 is 15.1 Å². The molecule has 160 valence electrons. The molecule has 3 aromatic rings.